The van der Waals surface area contributed by atoms with Crippen LogP contribution in [0.5, 0.6) is 0 Å². The van der Waals surface area contributed by atoms with E-state index in [0.717, 1.165) is 12.2 Å². The van der Waals surface area contributed by atoms with Gasteiger partial charge >= 0.3 is 0 Å². The number of aliphatic hydroxyl groups excluding tert-OH is 1. The summed E-state index contributed by atoms with van der Waals surface area (Å²) in [7, 11) is 0. The second-order valence-corrected chi connectivity index (χ2v) is 4.19. The van der Waals surface area contributed by atoms with Crippen LogP contribution in [-0.2, 0) is 4.74 Å². The van der Waals surface area contributed by atoms with Crippen molar-refractivity contribution in [2.75, 3.05) is 31.8 Å². The van der Waals surface area contributed by atoms with E-state index in [1.807, 2.05) is 18.7 Å². The molecule has 0 radical (unpaired) electrons. The van der Waals surface area contributed by atoms with Gasteiger partial charge in [-0.1, -0.05) is 6.92 Å². The summed E-state index contributed by atoms with van der Waals surface area (Å²) in [4.78, 5) is 0. The van der Waals surface area contributed by atoms with Gasteiger partial charge in [0.05, 0.1) is 12.7 Å². The van der Waals surface area contributed by atoms with Gasteiger partial charge in [0.25, 0.3) is 0 Å². The Morgan fingerprint density at radius 1 is 1.43 bits per heavy atom. The van der Waals surface area contributed by atoms with Gasteiger partial charge in [0, 0.05) is 24.9 Å². The topological polar surface area (TPSA) is 41.5 Å². The third-order valence-electron chi connectivity index (χ3n) is 2.02. The van der Waals surface area contributed by atoms with E-state index in [9.17, 15) is 5.11 Å². The molecule has 4 heteroatoms. The van der Waals surface area contributed by atoms with E-state index >= 15 is 0 Å². The van der Waals surface area contributed by atoms with Gasteiger partial charge in [0.2, 0.25) is 0 Å². The Balaban J connectivity index is 3.46. The Morgan fingerprint density at radius 2 is 2.14 bits per heavy atom. The van der Waals surface area contributed by atoms with Crippen LogP contribution in [0.1, 0.15) is 20.3 Å². The lowest BCUT2D eigenvalue weighted by Gasteiger charge is -2.18. The van der Waals surface area contributed by atoms with Crippen molar-refractivity contribution in [3.63, 3.8) is 0 Å². The van der Waals surface area contributed by atoms with Crippen LogP contribution in [0.4, 0.5) is 0 Å². The standard InChI is InChI=1S/C10H23NO2S/c1-4-9(8-14-3)11-6-10(12)7-13-5-2/h9-12H,4-8H2,1-3H3. The summed E-state index contributed by atoms with van der Waals surface area (Å²) < 4.78 is 5.13. The van der Waals surface area contributed by atoms with Gasteiger partial charge in [0.15, 0.2) is 0 Å². The average Bonchev–Trinajstić information content (AvgIpc) is 2.21. The van der Waals surface area contributed by atoms with Crippen LogP contribution in [0, 0.1) is 0 Å². The maximum atomic E-state index is 9.50. The Bertz CT molecular complexity index is 125. The van der Waals surface area contributed by atoms with Gasteiger partial charge in [-0.3, -0.25) is 0 Å². The largest absolute Gasteiger partial charge is 0.389 e. The Labute approximate surface area is 91.6 Å². The molecule has 0 aliphatic rings. The van der Waals surface area contributed by atoms with Crippen molar-refractivity contribution >= 4 is 11.8 Å². The summed E-state index contributed by atoms with van der Waals surface area (Å²) in [6.07, 6.45) is 2.81. The minimum Gasteiger partial charge on any atom is -0.389 e. The molecule has 2 unspecified atom stereocenters. The van der Waals surface area contributed by atoms with Crippen LogP contribution >= 0.6 is 11.8 Å². The van der Waals surface area contributed by atoms with Gasteiger partial charge in [-0.15, -0.1) is 0 Å². The lowest BCUT2D eigenvalue weighted by Crippen LogP contribution is -2.38. The Hall–Kier alpha value is 0.230. The van der Waals surface area contributed by atoms with E-state index in [-0.39, 0.29) is 6.10 Å². The fourth-order valence-corrected chi connectivity index (χ4v) is 1.89. The molecule has 3 nitrogen and oxygen atoms in total. The van der Waals surface area contributed by atoms with Gasteiger partial charge in [-0.05, 0) is 19.6 Å². The first-order valence-electron chi connectivity index (χ1n) is 5.22. The van der Waals surface area contributed by atoms with E-state index in [0.29, 0.717) is 25.8 Å². The number of aliphatic hydroxyl groups is 1. The number of hydrogen-bond donors (Lipinski definition) is 2. The maximum absolute atomic E-state index is 9.50. The predicted octanol–water partition coefficient (Wildman–Crippen LogP) is 1.11. The molecular weight excluding hydrogens is 198 g/mol. The second-order valence-electron chi connectivity index (χ2n) is 3.28. The molecular formula is C10H23NO2S. The quantitative estimate of drug-likeness (QED) is 0.612. The lowest BCUT2D eigenvalue weighted by molar-refractivity contribution is 0.0417. The van der Waals surface area contributed by atoms with E-state index in [4.69, 9.17) is 4.74 Å². The van der Waals surface area contributed by atoms with Crippen LogP contribution in [0.15, 0.2) is 0 Å². The summed E-state index contributed by atoms with van der Waals surface area (Å²) in [5.74, 6) is 1.10. The highest BCUT2D eigenvalue weighted by Gasteiger charge is 2.08. The molecule has 0 aromatic rings. The molecule has 0 aliphatic carbocycles. The molecule has 0 rings (SSSR count). The number of ether oxygens (including phenoxy) is 1. The van der Waals surface area contributed by atoms with E-state index in [1.165, 1.54) is 0 Å². The minimum absolute atomic E-state index is 0.383. The van der Waals surface area contributed by atoms with Crippen molar-refractivity contribution in [1.82, 2.24) is 5.32 Å². The molecule has 14 heavy (non-hydrogen) atoms. The zero-order valence-corrected chi connectivity index (χ0v) is 10.3. The van der Waals surface area contributed by atoms with Crippen molar-refractivity contribution in [3.05, 3.63) is 0 Å². The molecule has 86 valence electrons. The van der Waals surface area contributed by atoms with Crippen LogP contribution in [0.2, 0.25) is 0 Å². The van der Waals surface area contributed by atoms with E-state index in [2.05, 4.69) is 18.5 Å². The zero-order chi connectivity index (χ0) is 10.8. The van der Waals surface area contributed by atoms with Crippen molar-refractivity contribution in [2.24, 2.45) is 0 Å². The molecule has 0 bridgehead atoms. The number of rotatable bonds is 9. The molecule has 2 atom stereocenters. The number of nitrogens with one attached hydrogen (secondary N) is 1. The molecule has 0 fully saturated rings. The summed E-state index contributed by atoms with van der Waals surface area (Å²) in [5.41, 5.74) is 0. The fourth-order valence-electron chi connectivity index (χ4n) is 1.14. The highest BCUT2D eigenvalue weighted by molar-refractivity contribution is 7.98. The van der Waals surface area contributed by atoms with Crippen LogP contribution in [-0.4, -0.2) is 49.0 Å². The fraction of sp³-hybridized carbons (Fsp3) is 1.00. The van der Waals surface area contributed by atoms with Gasteiger partial charge in [-0.25, -0.2) is 0 Å². The van der Waals surface area contributed by atoms with Crippen molar-refractivity contribution < 1.29 is 9.84 Å². The highest BCUT2D eigenvalue weighted by atomic mass is 32.2. The summed E-state index contributed by atoms with van der Waals surface area (Å²) in [6, 6.07) is 0.501. The molecule has 2 N–H and O–H groups in total. The SMILES string of the molecule is CCOCC(O)CNC(CC)CSC. The third-order valence-corrected chi connectivity index (χ3v) is 2.75. The van der Waals surface area contributed by atoms with Crippen molar-refractivity contribution in [2.45, 2.75) is 32.4 Å². The molecule has 0 aromatic carbocycles. The van der Waals surface area contributed by atoms with Crippen LogP contribution < -0.4 is 5.32 Å². The maximum Gasteiger partial charge on any atom is 0.0897 e. The van der Waals surface area contributed by atoms with Crippen LogP contribution in [0.25, 0.3) is 0 Å². The Morgan fingerprint density at radius 3 is 2.64 bits per heavy atom. The first kappa shape index (κ1) is 14.2. The van der Waals surface area contributed by atoms with Crippen LogP contribution in [0.3, 0.4) is 0 Å². The molecule has 0 saturated heterocycles. The van der Waals surface area contributed by atoms with E-state index < -0.39 is 0 Å². The summed E-state index contributed by atoms with van der Waals surface area (Å²) in [5, 5.41) is 12.8. The predicted molar refractivity (Wildman–Crippen MR) is 63.0 cm³/mol. The molecule has 0 spiro atoms. The van der Waals surface area contributed by atoms with Gasteiger partial charge in [-0.2, -0.15) is 11.8 Å². The first-order chi connectivity index (χ1) is 6.74. The highest BCUT2D eigenvalue weighted by Crippen LogP contribution is 2.00. The zero-order valence-electron chi connectivity index (χ0n) is 9.45. The molecule has 0 saturated carbocycles. The number of thioether (sulfide) groups is 1. The summed E-state index contributed by atoms with van der Waals surface area (Å²) >= 11 is 1.83. The smallest absolute Gasteiger partial charge is 0.0897 e. The molecule has 0 amide bonds. The first-order valence-corrected chi connectivity index (χ1v) is 6.62. The second kappa shape index (κ2) is 9.77. The Kier molecular flexibility index (Phi) is 9.93. The monoisotopic (exact) mass is 221 g/mol. The van der Waals surface area contributed by atoms with Gasteiger partial charge < -0.3 is 15.2 Å². The summed E-state index contributed by atoms with van der Waals surface area (Å²) in [6.45, 7) is 5.81. The van der Waals surface area contributed by atoms with Crippen molar-refractivity contribution in [1.29, 1.82) is 0 Å². The molecule has 0 heterocycles. The average molecular weight is 221 g/mol. The lowest BCUT2D eigenvalue weighted by atomic mass is 10.2. The van der Waals surface area contributed by atoms with Gasteiger partial charge in [0.1, 0.15) is 0 Å². The normalized spacial score (nSPS) is 15.4. The third kappa shape index (κ3) is 7.62. The number of hydrogen-bond acceptors (Lipinski definition) is 4. The van der Waals surface area contributed by atoms with Crippen molar-refractivity contribution in [3.8, 4) is 0 Å². The van der Waals surface area contributed by atoms with E-state index in [1.54, 1.807) is 0 Å². The minimum atomic E-state index is -0.383. The molecule has 0 aromatic heterocycles. The molecule has 0 aliphatic heterocycles.